The van der Waals surface area contributed by atoms with E-state index in [0.29, 0.717) is 23.0 Å². The molecule has 31 heavy (non-hydrogen) atoms. The van der Waals surface area contributed by atoms with Gasteiger partial charge in [0.1, 0.15) is 0 Å². The van der Waals surface area contributed by atoms with E-state index in [0.717, 1.165) is 42.9 Å². The van der Waals surface area contributed by atoms with Gasteiger partial charge >= 0.3 is 0 Å². The second-order valence-corrected chi connectivity index (χ2v) is 12.5. The molecule has 0 saturated heterocycles. The zero-order valence-corrected chi connectivity index (χ0v) is 20.9. The third-order valence-corrected chi connectivity index (χ3v) is 10.3. The summed E-state index contributed by atoms with van der Waals surface area (Å²) in [6.07, 6.45) is 19.0. The van der Waals surface area contributed by atoms with Gasteiger partial charge in [0.25, 0.3) is 0 Å². The van der Waals surface area contributed by atoms with E-state index in [1.807, 2.05) is 6.08 Å². The summed E-state index contributed by atoms with van der Waals surface area (Å²) >= 11 is 0. The van der Waals surface area contributed by atoms with Crippen LogP contribution < -0.4 is 0 Å². The van der Waals surface area contributed by atoms with Crippen LogP contribution in [0.25, 0.3) is 0 Å². The highest BCUT2D eigenvalue weighted by Crippen LogP contribution is 2.68. The van der Waals surface area contributed by atoms with E-state index < -0.39 is 0 Å². The molecule has 0 amide bonds. The van der Waals surface area contributed by atoms with Gasteiger partial charge in [-0.3, -0.25) is 4.79 Å². The second-order valence-electron chi connectivity index (χ2n) is 12.5. The zero-order chi connectivity index (χ0) is 22.4. The van der Waals surface area contributed by atoms with Crippen LogP contribution in [-0.2, 0) is 4.79 Å². The summed E-state index contributed by atoms with van der Waals surface area (Å²) < 4.78 is 0. The van der Waals surface area contributed by atoms with Crippen LogP contribution in [0.5, 0.6) is 0 Å². The van der Waals surface area contributed by atoms with Crippen LogP contribution in [0.15, 0.2) is 36.0 Å². The van der Waals surface area contributed by atoms with Gasteiger partial charge in [0, 0.05) is 6.42 Å². The molecule has 0 N–H and O–H groups in total. The van der Waals surface area contributed by atoms with E-state index in [-0.39, 0.29) is 5.41 Å². The number of ketones is 1. The molecule has 0 aromatic heterocycles. The highest BCUT2D eigenvalue weighted by molar-refractivity contribution is 5.92. The molecule has 1 nitrogen and oxygen atoms in total. The monoisotopic (exact) mass is 422 g/mol. The van der Waals surface area contributed by atoms with Crippen molar-refractivity contribution in [3.63, 3.8) is 0 Å². The number of hydrogen-bond acceptors (Lipinski definition) is 1. The van der Waals surface area contributed by atoms with Gasteiger partial charge in [0.15, 0.2) is 5.78 Å². The summed E-state index contributed by atoms with van der Waals surface area (Å²) in [6, 6.07) is 0. The van der Waals surface area contributed by atoms with E-state index in [9.17, 15) is 4.79 Å². The fraction of sp³-hybridized carbons (Fsp3) is 0.767. The molecular formula is C30H46O. The summed E-state index contributed by atoms with van der Waals surface area (Å²) in [5, 5.41) is 0. The Morgan fingerprint density at radius 2 is 1.84 bits per heavy atom. The smallest absolute Gasteiger partial charge is 0.156 e. The molecule has 0 aliphatic heterocycles. The Bertz CT molecular complexity index is 769. The summed E-state index contributed by atoms with van der Waals surface area (Å²) in [5.41, 5.74) is 3.61. The van der Waals surface area contributed by atoms with Crippen LogP contribution in [0, 0.1) is 46.3 Å². The maximum atomic E-state index is 12.2. The topological polar surface area (TPSA) is 17.1 Å². The first-order valence-corrected chi connectivity index (χ1v) is 13.3. The van der Waals surface area contributed by atoms with Crippen molar-refractivity contribution in [1.82, 2.24) is 0 Å². The van der Waals surface area contributed by atoms with E-state index >= 15 is 0 Å². The fourth-order valence-corrected chi connectivity index (χ4v) is 8.60. The molecule has 4 rings (SSSR count). The molecule has 5 unspecified atom stereocenters. The minimum absolute atomic E-state index is 0.200. The van der Waals surface area contributed by atoms with Crippen molar-refractivity contribution < 1.29 is 4.79 Å². The Hall–Kier alpha value is -1.11. The molecule has 0 spiro atoms. The highest BCUT2D eigenvalue weighted by Gasteiger charge is 2.59. The van der Waals surface area contributed by atoms with E-state index in [2.05, 4.69) is 53.3 Å². The lowest BCUT2D eigenvalue weighted by atomic mass is 9.46. The molecule has 0 radical (unpaired) electrons. The quantitative estimate of drug-likeness (QED) is 0.377. The molecule has 7 atom stereocenters. The molecule has 2 saturated carbocycles. The number of carbonyl (C=O) groups excluding carboxylic acids is 1. The average Bonchev–Trinajstić information content (AvgIpc) is 3.06. The van der Waals surface area contributed by atoms with Crippen LogP contribution in [0.4, 0.5) is 0 Å². The van der Waals surface area contributed by atoms with Crippen molar-refractivity contribution in [3.05, 3.63) is 36.0 Å². The van der Waals surface area contributed by atoms with Crippen LogP contribution in [-0.4, -0.2) is 5.78 Å². The molecule has 4 aliphatic rings. The summed E-state index contributed by atoms with van der Waals surface area (Å²) in [4.78, 5) is 12.2. The van der Waals surface area contributed by atoms with Gasteiger partial charge in [-0.25, -0.2) is 0 Å². The van der Waals surface area contributed by atoms with E-state index in [4.69, 9.17) is 0 Å². The Labute approximate surface area is 191 Å². The lowest BCUT2D eigenvalue weighted by Crippen LogP contribution is -2.51. The Morgan fingerprint density at radius 3 is 2.55 bits per heavy atom. The third kappa shape index (κ3) is 3.93. The molecule has 0 aromatic rings. The molecule has 4 aliphatic carbocycles. The first-order chi connectivity index (χ1) is 14.7. The molecule has 1 heteroatoms. The average molecular weight is 423 g/mol. The van der Waals surface area contributed by atoms with E-state index in [1.54, 1.807) is 5.57 Å². The zero-order valence-electron chi connectivity index (χ0n) is 20.9. The molecule has 2 fully saturated rings. The van der Waals surface area contributed by atoms with Gasteiger partial charge in [-0.15, -0.1) is 6.58 Å². The van der Waals surface area contributed by atoms with E-state index in [1.165, 1.54) is 50.5 Å². The van der Waals surface area contributed by atoms with Crippen LogP contribution in [0.2, 0.25) is 0 Å². The molecule has 0 aromatic carbocycles. The minimum Gasteiger partial charge on any atom is -0.295 e. The van der Waals surface area contributed by atoms with Gasteiger partial charge in [-0.1, -0.05) is 71.6 Å². The van der Waals surface area contributed by atoms with Crippen LogP contribution >= 0.6 is 0 Å². The fourth-order valence-electron chi connectivity index (χ4n) is 8.60. The highest BCUT2D eigenvalue weighted by atomic mass is 16.1. The van der Waals surface area contributed by atoms with Gasteiger partial charge in [-0.2, -0.15) is 0 Å². The van der Waals surface area contributed by atoms with Crippen molar-refractivity contribution in [2.24, 2.45) is 46.3 Å². The number of allylic oxidation sites excluding steroid dienone is 5. The first-order valence-electron chi connectivity index (χ1n) is 13.3. The third-order valence-electron chi connectivity index (χ3n) is 10.3. The second kappa shape index (κ2) is 8.68. The number of rotatable bonds is 7. The van der Waals surface area contributed by atoms with Gasteiger partial charge in [0.05, 0.1) is 0 Å². The standard InChI is InChI=1S/C30H46O/c1-7-9-22-18-23-19-24(31)14-16-29(23,5)27-15-17-30(6)25(12-13-26(30)28(22)27)21(4)11-8-10-20(2)3/h7,18-21,25-28H,1,8-17H2,2-6H3/t21?,25?,26?,27?,28?,29-,30+/m0/s1. The Kier molecular flexibility index (Phi) is 6.46. The molecule has 0 bridgehead atoms. The lowest BCUT2D eigenvalue weighted by molar-refractivity contribution is -0.116. The normalized spacial score (nSPS) is 40.5. The van der Waals surface area contributed by atoms with Gasteiger partial charge < -0.3 is 0 Å². The number of carbonyl (C=O) groups is 1. The van der Waals surface area contributed by atoms with Crippen LogP contribution in [0.1, 0.15) is 98.8 Å². The Balaban J connectivity index is 1.62. The summed E-state index contributed by atoms with van der Waals surface area (Å²) in [7, 11) is 0. The predicted octanol–water partition coefficient (Wildman–Crippen LogP) is 8.32. The first kappa shape index (κ1) is 23.1. The SMILES string of the molecule is C=CCC1=CC2=CC(=O)CC[C@]2(C)C2CC[C@]3(C)C(C(C)CCCC(C)C)CCC3C12. The van der Waals surface area contributed by atoms with Crippen molar-refractivity contribution in [3.8, 4) is 0 Å². The van der Waals surface area contributed by atoms with Gasteiger partial charge in [0.2, 0.25) is 0 Å². The molecule has 172 valence electrons. The predicted molar refractivity (Wildman–Crippen MR) is 132 cm³/mol. The van der Waals surface area contributed by atoms with Crippen LogP contribution in [0.3, 0.4) is 0 Å². The van der Waals surface area contributed by atoms with Crippen molar-refractivity contribution in [2.45, 2.75) is 98.8 Å². The molecular weight excluding hydrogens is 376 g/mol. The summed E-state index contributed by atoms with van der Waals surface area (Å²) in [5.74, 6) is 5.10. The minimum atomic E-state index is 0.200. The maximum Gasteiger partial charge on any atom is 0.156 e. The number of hydrogen-bond donors (Lipinski definition) is 0. The molecule has 0 heterocycles. The lowest BCUT2D eigenvalue weighted by Gasteiger charge is -2.58. The van der Waals surface area contributed by atoms with Crippen molar-refractivity contribution >= 4 is 5.78 Å². The Morgan fingerprint density at radius 1 is 1.06 bits per heavy atom. The largest absolute Gasteiger partial charge is 0.295 e. The maximum absolute atomic E-state index is 12.2. The van der Waals surface area contributed by atoms with Gasteiger partial charge in [-0.05, 0) is 96.5 Å². The van der Waals surface area contributed by atoms with Crippen molar-refractivity contribution in [1.29, 1.82) is 0 Å². The number of fused-ring (bicyclic) bond motifs is 5. The van der Waals surface area contributed by atoms with Crippen molar-refractivity contribution in [2.75, 3.05) is 0 Å². The summed E-state index contributed by atoms with van der Waals surface area (Å²) in [6.45, 7) is 16.5.